The fraction of sp³-hybridized carbons (Fsp3) is 0.400. The van der Waals surface area contributed by atoms with Gasteiger partial charge in [0, 0.05) is 24.3 Å². The summed E-state index contributed by atoms with van der Waals surface area (Å²) >= 11 is 0. The Morgan fingerprint density at radius 3 is 2.74 bits per heavy atom. The molecule has 0 spiro atoms. The molecule has 1 saturated carbocycles. The number of nitrogens with one attached hydrogen (secondary N) is 1. The van der Waals surface area contributed by atoms with Crippen LogP contribution in [0.4, 0.5) is 0 Å². The zero-order chi connectivity index (χ0) is 21.3. The van der Waals surface area contributed by atoms with Gasteiger partial charge in [-0.3, -0.25) is 4.79 Å². The summed E-state index contributed by atoms with van der Waals surface area (Å²) in [5.74, 6) is 2.79. The van der Waals surface area contributed by atoms with E-state index in [0.717, 1.165) is 33.5 Å². The molecule has 3 aromatic rings. The molecule has 2 aliphatic heterocycles. The second kappa shape index (κ2) is 6.50. The molecule has 6 nitrogen and oxygen atoms in total. The highest BCUT2D eigenvalue weighted by Gasteiger charge is 2.62. The summed E-state index contributed by atoms with van der Waals surface area (Å²) in [5.41, 5.74) is 2.19. The van der Waals surface area contributed by atoms with Gasteiger partial charge < -0.3 is 23.9 Å². The number of aromatic amines is 1. The third-order valence-electron chi connectivity index (χ3n) is 7.25. The molecule has 1 aromatic heterocycles. The predicted molar refractivity (Wildman–Crippen MR) is 116 cm³/mol. The number of hydrogen-bond donors (Lipinski definition) is 1. The lowest BCUT2D eigenvalue weighted by Gasteiger charge is -2.60. The van der Waals surface area contributed by atoms with Gasteiger partial charge in [0.1, 0.15) is 11.4 Å². The highest BCUT2D eigenvalue weighted by molar-refractivity contribution is 5.86. The number of ether oxygens (including phenoxy) is 4. The first kappa shape index (κ1) is 18.8. The first-order valence-electron chi connectivity index (χ1n) is 10.7. The number of pyridine rings is 1. The molecular formula is C25H25NO5. The Morgan fingerprint density at radius 1 is 1.10 bits per heavy atom. The summed E-state index contributed by atoms with van der Waals surface area (Å²) < 4.78 is 23.3. The summed E-state index contributed by atoms with van der Waals surface area (Å²) in [7, 11) is 1.73. The molecule has 2 aromatic carbocycles. The van der Waals surface area contributed by atoms with Crippen LogP contribution in [0.2, 0.25) is 0 Å². The Morgan fingerprint density at radius 2 is 1.90 bits per heavy atom. The van der Waals surface area contributed by atoms with E-state index in [0.29, 0.717) is 12.4 Å². The normalized spacial score (nSPS) is 27.2. The van der Waals surface area contributed by atoms with Crippen LogP contribution in [0.15, 0.2) is 47.3 Å². The lowest BCUT2D eigenvalue weighted by molar-refractivity contribution is -0.109. The van der Waals surface area contributed by atoms with E-state index in [-0.39, 0.29) is 36.0 Å². The van der Waals surface area contributed by atoms with Crippen LogP contribution in [0.25, 0.3) is 10.9 Å². The maximum Gasteiger partial charge on any atom is 0.255 e. The molecule has 4 atom stereocenters. The highest BCUT2D eigenvalue weighted by Crippen LogP contribution is 2.65. The van der Waals surface area contributed by atoms with Crippen molar-refractivity contribution < 1.29 is 18.9 Å². The molecule has 0 saturated heterocycles. The van der Waals surface area contributed by atoms with Crippen LogP contribution in [0.3, 0.4) is 0 Å². The van der Waals surface area contributed by atoms with Gasteiger partial charge in [-0.15, -0.1) is 0 Å². The number of benzene rings is 2. The van der Waals surface area contributed by atoms with Crippen LogP contribution < -0.4 is 19.8 Å². The Labute approximate surface area is 180 Å². The average Bonchev–Trinajstić information content (AvgIpc) is 3.19. The van der Waals surface area contributed by atoms with Crippen molar-refractivity contribution in [3.05, 3.63) is 63.9 Å². The Hall–Kier alpha value is -2.99. The number of methoxy groups -OCH3 is 1. The van der Waals surface area contributed by atoms with Gasteiger partial charge >= 0.3 is 0 Å². The minimum absolute atomic E-state index is 0.0348. The third-order valence-corrected chi connectivity index (χ3v) is 7.25. The van der Waals surface area contributed by atoms with Gasteiger partial charge in [-0.05, 0) is 55.5 Å². The van der Waals surface area contributed by atoms with E-state index in [1.165, 1.54) is 0 Å². The zero-order valence-electron chi connectivity index (χ0n) is 17.8. The molecule has 3 heterocycles. The molecule has 0 unspecified atom stereocenters. The van der Waals surface area contributed by atoms with E-state index in [1.807, 2.05) is 30.3 Å². The molecule has 1 aliphatic carbocycles. The van der Waals surface area contributed by atoms with Crippen molar-refractivity contribution in [1.29, 1.82) is 0 Å². The van der Waals surface area contributed by atoms with E-state index >= 15 is 0 Å². The second-order valence-electron chi connectivity index (χ2n) is 9.26. The van der Waals surface area contributed by atoms with Crippen molar-refractivity contribution in [3.8, 4) is 17.2 Å². The van der Waals surface area contributed by atoms with Gasteiger partial charge in [0.05, 0.1) is 17.7 Å². The Bertz CT molecular complexity index is 1250. The second-order valence-corrected chi connectivity index (χ2v) is 9.26. The standard InChI is InChI=1S/C25H25NO5/c1-25(2)22-15(11-28-3)19(13-8-9-17-18(10-13)30-12-29-17)20(22)21-23(31-25)14-6-4-5-7-16(14)26-24(21)27/h4-10,15,19-20,22H,11-12H2,1-3H3,(H,26,27)/t15-,19-,20+,22+/m1/s1. The van der Waals surface area contributed by atoms with E-state index in [1.54, 1.807) is 7.11 Å². The lowest BCUT2D eigenvalue weighted by atomic mass is 9.48. The number of hydrogen-bond acceptors (Lipinski definition) is 5. The largest absolute Gasteiger partial charge is 0.486 e. The number of H-pyrrole nitrogens is 1. The molecule has 0 radical (unpaired) electrons. The van der Waals surface area contributed by atoms with E-state index in [9.17, 15) is 4.79 Å². The molecular weight excluding hydrogens is 394 g/mol. The number of para-hydroxylation sites is 1. The van der Waals surface area contributed by atoms with Crippen molar-refractivity contribution >= 4 is 10.9 Å². The summed E-state index contributed by atoms with van der Waals surface area (Å²) in [6.07, 6.45) is 0. The minimum Gasteiger partial charge on any atom is -0.486 e. The van der Waals surface area contributed by atoms with E-state index < -0.39 is 5.60 Å². The first-order chi connectivity index (χ1) is 15.0. The molecule has 1 N–H and O–H groups in total. The van der Waals surface area contributed by atoms with Gasteiger partial charge in [-0.2, -0.15) is 0 Å². The Kier molecular flexibility index (Phi) is 3.93. The number of aromatic nitrogens is 1. The van der Waals surface area contributed by atoms with Crippen LogP contribution in [0.5, 0.6) is 17.2 Å². The molecule has 31 heavy (non-hydrogen) atoms. The molecule has 0 amide bonds. The molecule has 1 fully saturated rings. The number of fused-ring (bicyclic) bond motifs is 6. The van der Waals surface area contributed by atoms with E-state index in [2.05, 4.69) is 31.0 Å². The quantitative estimate of drug-likeness (QED) is 0.690. The van der Waals surface area contributed by atoms with Crippen LogP contribution in [0, 0.1) is 11.8 Å². The van der Waals surface area contributed by atoms with Gasteiger partial charge in [-0.1, -0.05) is 18.2 Å². The van der Waals surface area contributed by atoms with Gasteiger partial charge in [0.25, 0.3) is 5.56 Å². The minimum atomic E-state index is -0.426. The van der Waals surface area contributed by atoms with Crippen LogP contribution in [-0.4, -0.2) is 31.1 Å². The average molecular weight is 419 g/mol. The fourth-order valence-electron chi connectivity index (χ4n) is 6.09. The van der Waals surface area contributed by atoms with Crippen LogP contribution in [-0.2, 0) is 4.74 Å². The first-order valence-corrected chi connectivity index (χ1v) is 10.7. The van der Waals surface area contributed by atoms with Crippen molar-refractivity contribution in [2.24, 2.45) is 11.8 Å². The summed E-state index contributed by atoms with van der Waals surface area (Å²) in [5, 5.41) is 0.947. The van der Waals surface area contributed by atoms with Gasteiger partial charge in [0.15, 0.2) is 11.5 Å². The summed E-state index contributed by atoms with van der Waals surface area (Å²) in [6, 6.07) is 14.0. The molecule has 3 aliphatic rings. The highest BCUT2D eigenvalue weighted by atomic mass is 16.7. The maximum absolute atomic E-state index is 13.3. The maximum atomic E-state index is 13.3. The van der Waals surface area contributed by atoms with Crippen LogP contribution >= 0.6 is 0 Å². The van der Waals surface area contributed by atoms with Crippen molar-refractivity contribution in [1.82, 2.24) is 4.98 Å². The summed E-state index contributed by atoms with van der Waals surface area (Å²) in [6.45, 7) is 5.10. The lowest BCUT2D eigenvalue weighted by Crippen LogP contribution is -2.60. The van der Waals surface area contributed by atoms with Crippen molar-refractivity contribution in [3.63, 3.8) is 0 Å². The van der Waals surface area contributed by atoms with Gasteiger partial charge in [0.2, 0.25) is 6.79 Å². The van der Waals surface area contributed by atoms with Gasteiger partial charge in [-0.25, -0.2) is 0 Å². The molecule has 6 heteroatoms. The van der Waals surface area contributed by atoms with Crippen LogP contribution in [0.1, 0.15) is 36.8 Å². The zero-order valence-corrected chi connectivity index (χ0v) is 17.8. The SMILES string of the molecule is COC[C@@H]1[C@@H](c2ccc3c(c2)OCO3)[C@H]2c3c(c4ccccc4[nH]c3=O)OC(C)(C)[C@@H]12. The molecule has 0 bridgehead atoms. The monoisotopic (exact) mass is 419 g/mol. The van der Waals surface area contributed by atoms with E-state index in [4.69, 9.17) is 18.9 Å². The van der Waals surface area contributed by atoms with Crippen molar-refractivity contribution in [2.75, 3.05) is 20.5 Å². The summed E-state index contributed by atoms with van der Waals surface area (Å²) in [4.78, 5) is 16.4. The smallest absolute Gasteiger partial charge is 0.255 e. The molecule has 160 valence electrons. The number of rotatable bonds is 3. The third kappa shape index (κ3) is 2.57. The molecule has 6 rings (SSSR count). The fourth-order valence-corrected chi connectivity index (χ4v) is 6.09. The Balaban J connectivity index is 1.56. The topological polar surface area (TPSA) is 69.8 Å². The van der Waals surface area contributed by atoms with Crippen molar-refractivity contribution in [2.45, 2.75) is 31.3 Å². The predicted octanol–water partition coefficient (Wildman–Crippen LogP) is 4.19.